The standard InChI is InChI=1S/C18H19FN2O2/c1-11-16-14(6-3-7-15(16)22)21-17(11)18(23)20-9-8-12-4-2-5-13(19)10-12/h2,4-5,10,21H,3,6-9H2,1H3,(H,20,23). The number of hydrogen-bond acceptors (Lipinski definition) is 2. The first-order valence-electron chi connectivity index (χ1n) is 7.83. The van der Waals surface area contributed by atoms with E-state index in [-0.39, 0.29) is 17.5 Å². The van der Waals surface area contributed by atoms with E-state index >= 15 is 0 Å². The van der Waals surface area contributed by atoms with Crippen LogP contribution in [0.4, 0.5) is 4.39 Å². The molecule has 1 aliphatic carbocycles. The number of hydrogen-bond donors (Lipinski definition) is 2. The Bertz CT molecular complexity index is 764. The summed E-state index contributed by atoms with van der Waals surface area (Å²) in [6, 6.07) is 6.34. The molecule has 0 atom stereocenters. The van der Waals surface area contributed by atoms with E-state index in [1.54, 1.807) is 13.0 Å². The van der Waals surface area contributed by atoms with Gasteiger partial charge in [0.25, 0.3) is 5.91 Å². The third-order valence-electron chi connectivity index (χ3n) is 4.25. The van der Waals surface area contributed by atoms with Crippen molar-refractivity contribution < 1.29 is 14.0 Å². The molecule has 120 valence electrons. The SMILES string of the molecule is Cc1c(C(=O)NCCc2cccc(F)c2)[nH]c2c1C(=O)CCC2. The van der Waals surface area contributed by atoms with Gasteiger partial charge in [0.2, 0.25) is 0 Å². The van der Waals surface area contributed by atoms with Crippen molar-refractivity contribution in [1.29, 1.82) is 0 Å². The third-order valence-corrected chi connectivity index (χ3v) is 4.25. The first kappa shape index (κ1) is 15.5. The largest absolute Gasteiger partial charge is 0.354 e. The van der Waals surface area contributed by atoms with Gasteiger partial charge in [-0.25, -0.2) is 4.39 Å². The topological polar surface area (TPSA) is 62.0 Å². The van der Waals surface area contributed by atoms with Crippen LogP contribution in [0.25, 0.3) is 0 Å². The van der Waals surface area contributed by atoms with Gasteiger partial charge in [-0.2, -0.15) is 0 Å². The minimum atomic E-state index is -0.278. The summed E-state index contributed by atoms with van der Waals surface area (Å²) in [5, 5.41) is 2.83. The second kappa shape index (κ2) is 6.36. The van der Waals surface area contributed by atoms with E-state index in [1.807, 2.05) is 6.07 Å². The number of rotatable bonds is 4. The molecule has 2 N–H and O–H groups in total. The molecule has 0 saturated heterocycles. The molecule has 1 amide bonds. The van der Waals surface area contributed by atoms with Crippen LogP contribution in [0.5, 0.6) is 0 Å². The number of carbonyl (C=O) groups excluding carboxylic acids is 2. The Morgan fingerprint density at radius 1 is 1.35 bits per heavy atom. The lowest BCUT2D eigenvalue weighted by Gasteiger charge is -2.09. The predicted molar refractivity (Wildman–Crippen MR) is 85.2 cm³/mol. The van der Waals surface area contributed by atoms with Crippen molar-refractivity contribution in [3.63, 3.8) is 0 Å². The Morgan fingerprint density at radius 2 is 2.17 bits per heavy atom. The number of amides is 1. The van der Waals surface area contributed by atoms with Gasteiger partial charge in [-0.15, -0.1) is 0 Å². The van der Waals surface area contributed by atoms with Gasteiger partial charge in [-0.05, 0) is 49.4 Å². The van der Waals surface area contributed by atoms with Gasteiger partial charge in [0.05, 0.1) is 0 Å². The molecule has 0 spiro atoms. The maximum absolute atomic E-state index is 13.1. The number of H-pyrrole nitrogens is 1. The van der Waals surface area contributed by atoms with E-state index in [9.17, 15) is 14.0 Å². The molecule has 2 aromatic rings. The average Bonchev–Trinajstić information content (AvgIpc) is 2.86. The van der Waals surface area contributed by atoms with Crippen LogP contribution in [-0.2, 0) is 12.8 Å². The quantitative estimate of drug-likeness (QED) is 0.911. The number of ketones is 1. The Morgan fingerprint density at radius 3 is 2.91 bits per heavy atom. The van der Waals surface area contributed by atoms with Crippen molar-refractivity contribution in [2.75, 3.05) is 6.54 Å². The molecule has 0 bridgehead atoms. The third kappa shape index (κ3) is 3.18. The molecule has 3 rings (SSSR count). The highest BCUT2D eigenvalue weighted by Gasteiger charge is 2.26. The zero-order chi connectivity index (χ0) is 16.4. The van der Waals surface area contributed by atoms with E-state index < -0.39 is 0 Å². The normalized spacial score (nSPS) is 13.7. The number of aryl methyl sites for hydroxylation is 1. The van der Waals surface area contributed by atoms with Gasteiger partial charge in [-0.1, -0.05) is 12.1 Å². The maximum Gasteiger partial charge on any atom is 0.268 e. The van der Waals surface area contributed by atoms with Crippen LogP contribution in [0.1, 0.15) is 50.5 Å². The second-order valence-corrected chi connectivity index (χ2v) is 5.89. The highest BCUT2D eigenvalue weighted by Crippen LogP contribution is 2.26. The molecule has 0 fully saturated rings. The van der Waals surface area contributed by atoms with Crippen molar-refractivity contribution in [3.8, 4) is 0 Å². The molecule has 0 radical (unpaired) electrons. The fourth-order valence-electron chi connectivity index (χ4n) is 3.10. The Labute approximate surface area is 134 Å². The monoisotopic (exact) mass is 314 g/mol. The van der Waals surface area contributed by atoms with E-state index in [0.717, 1.165) is 29.7 Å². The highest BCUT2D eigenvalue weighted by atomic mass is 19.1. The van der Waals surface area contributed by atoms with Gasteiger partial charge in [0, 0.05) is 24.2 Å². The summed E-state index contributed by atoms with van der Waals surface area (Å²) >= 11 is 0. The summed E-state index contributed by atoms with van der Waals surface area (Å²) in [7, 11) is 0. The zero-order valence-electron chi connectivity index (χ0n) is 13.0. The Balaban J connectivity index is 1.66. The van der Waals surface area contributed by atoms with Gasteiger partial charge < -0.3 is 10.3 Å². The predicted octanol–water partition coefficient (Wildman–Crippen LogP) is 2.95. The van der Waals surface area contributed by atoms with Crippen LogP contribution < -0.4 is 5.32 Å². The van der Waals surface area contributed by atoms with Crippen molar-refractivity contribution >= 4 is 11.7 Å². The van der Waals surface area contributed by atoms with Crippen LogP contribution in [0.3, 0.4) is 0 Å². The molecule has 1 aromatic heterocycles. The van der Waals surface area contributed by atoms with E-state index in [2.05, 4.69) is 10.3 Å². The first-order chi connectivity index (χ1) is 11.1. The number of benzene rings is 1. The second-order valence-electron chi connectivity index (χ2n) is 5.89. The lowest BCUT2D eigenvalue weighted by Crippen LogP contribution is -2.26. The number of fused-ring (bicyclic) bond motifs is 1. The lowest BCUT2D eigenvalue weighted by molar-refractivity contribution is 0.0948. The summed E-state index contributed by atoms with van der Waals surface area (Å²) in [5.41, 5.74) is 3.58. The van der Waals surface area contributed by atoms with Gasteiger partial charge >= 0.3 is 0 Å². The molecular weight excluding hydrogens is 295 g/mol. The smallest absolute Gasteiger partial charge is 0.268 e. The molecule has 0 aliphatic heterocycles. The van der Waals surface area contributed by atoms with Crippen molar-refractivity contribution in [3.05, 3.63) is 58.2 Å². The lowest BCUT2D eigenvalue weighted by atomic mass is 9.94. The molecule has 1 heterocycles. The van der Waals surface area contributed by atoms with Crippen molar-refractivity contribution in [2.24, 2.45) is 0 Å². The fraction of sp³-hybridized carbons (Fsp3) is 0.333. The summed E-state index contributed by atoms with van der Waals surface area (Å²) in [4.78, 5) is 27.4. The number of Topliss-reactive ketones (excluding diaryl/α,β-unsaturated/α-hetero) is 1. The summed E-state index contributed by atoms with van der Waals surface area (Å²) in [6.45, 7) is 2.22. The highest BCUT2D eigenvalue weighted by molar-refractivity contribution is 6.04. The number of aromatic nitrogens is 1. The summed E-state index contributed by atoms with van der Waals surface area (Å²) < 4.78 is 13.1. The Kier molecular flexibility index (Phi) is 4.28. The molecule has 1 aliphatic rings. The average molecular weight is 314 g/mol. The van der Waals surface area contributed by atoms with Crippen LogP contribution in [-0.4, -0.2) is 23.2 Å². The van der Waals surface area contributed by atoms with Gasteiger partial charge in [0.15, 0.2) is 5.78 Å². The minimum Gasteiger partial charge on any atom is -0.354 e. The summed E-state index contributed by atoms with van der Waals surface area (Å²) in [5.74, 6) is -0.389. The molecule has 0 saturated carbocycles. The number of carbonyl (C=O) groups is 2. The number of aromatic amines is 1. The maximum atomic E-state index is 13.1. The van der Waals surface area contributed by atoms with E-state index in [4.69, 9.17) is 0 Å². The Hall–Kier alpha value is -2.43. The van der Waals surface area contributed by atoms with Crippen LogP contribution in [0, 0.1) is 12.7 Å². The van der Waals surface area contributed by atoms with E-state index in [0.29, 0.717) is 30.6 Å². The molecule has 5 heteroatoms. The van der Waals surface area contributed by atoms with Gasteiger partial charge in [0.1, 0.15) is 11.5 Å². The zero-order valence-corrected chi connectivity index (χ0v) is 13.0. The molecule has 23 heavy (non-hydrogen) atoms. The van der Waals surface area contributed by atoms with Crippen LogP contribution in [0.15, 0.2) is 24.3 Å². The molecular formula is C18H19FN2O2. The molecule has 4 nitrogen and oxygen atoms in total. The van der Waals surface area contributed by atoms with Crippen LogP contribution >= 0.6 is 0 Å². The van der Waals surface area contributed by atoms with Crippen molar-refractivity contribution in [1.82, 2.24) is 10.3 Å². The minimum absolute atomic E-state index is 0.110. The van der Waals surface area contributed by atoms with Crippen LogP contribution in [0.2, 0.25) is 0 Å². The van der Waals surface area contributed by atoms with Crippen molar-refractivity contribution in [2.45, 2.75) is 32.6 Å². The fourth-order valence-corrected chi connectivity index (χ4v) is 3.10. The van der Waals surface area contributed by atoms with Gasteiger partial charge in [-0.3, -0.25) is 9.59 Å². The summed E-state index contributed by atoms with van der Waals surface area (Å²) in [6.07, 6.45) is 2.74. The first-order valence-corrected chi connectivity index (χ1v) is 7.83. The number of nitrogens with one attached hydrogen (secondary N) is 2. The van der Waals surface area contributed by atoms with E-state index in [1.165, 1.54) is 12.1 Å². The number of halogens is 1. The molecule has 0 unspecified atom stereocenters. The molecule has 1 aromatic carbocycles.